The first-order valence-corrected chi connectivity index (χ1v) is 5.86. The molecule has 0 amide bonds. The Morgan fingerprint density at radius 3 is 2.67 bits per heavy atom. The third-order valence-corrected chi connectivity index (χ3v) is 2.34. The largest absolute Gasteiger partial charge is 0.490 e. The summed E-state index contributed by atoms with van der Waals surface area (Å²) in [5.41, 5.74) is 6.54. The molecule has 0 radical (unpaired) electrons. The third kappa shape index (κ3) is 4.25. The molecule has 0 spiro atoms. The summed E-state index contributed by atoms with van der Waals surface area (Å²) >= 11 is 0. The van der Waals surface area contributed by atoms with Crippen LogP contribution in [0, 0.1) is 0 Å². The van der Waals surface area contributed by atoms with Gasteiger partial charge in [-0.2, -0.15) is 0 Å². The standard InChI is InChI=1S/C13H19NO4/c1-3-17-12-8-10(9-14)4-5-11(12)18-7-6-13(15)16-2/h4-5,8H,3,6-7,9,14H2,1-2H3. The lowest BCUT2D eigenvalue weighted by Gasteiger charge is -2.12. The van der Waals surface area contributed by atoms with E-state index in [1.165, 1.54) is 7.11 Å². The average Bonchev–Trinajstić information content (AvgIpc) is 2.40. The Hall–Kier alpha value is -1.75. The number of nitrogens with two attached hydrogens (primary N) is 1. The van der Waals surface area contributed by atoms with E-state index in [9.17, 15) is 4.79 Å². The van der Waals surface area contributed by atoms with E-state index >= 15 is 0 Å². The van der Waals surface area contributed by atoms with Crippen LogP contribution in [0.25, 0.3) is 0 Å². The number of esters is 1. The number of carbonyl (C=O) groups is 1. The highest BCUT2D eigenvalue weighted by Gasteiger charge is 2.07. The number of ether oxygens (including phenoxy) is 3. The summed E-state index contributed by atoms with van der Waals surface area (Å²) in [6.07, 6.45) is 0.209. The van der Waals surface area contributed by atoms with Crippen molar-refractivity contribution >= 4 is 5.97 Å². The van der Waals surface area contributed by atoms with E-state index in [1.54, 1.807) is 6.07 Å². The quantitative estimate of drug-likeness (QED) is 0.745. The van der Waals surface area contributed by atoms with Gasteiger partial charge < -0.3 is 19.9 Å². The fourth-order valence-electron chi connectivity index (χ4n) is 1.41. The molecule has 0 heterocycles. The van der Waals surface area contributed by atoms with Crippen molar-refractivity contribution in [2.24, 2.45) is 5.73 Å². The van der Waals surface area contributed by atoms with E-state index in [0.29, 0.717) is 24.7 Å². The second kappa shape index (κ2) is 7.55. The van der Waals surface area contributed by atoms with Crippen LogP contribution in [0.4, 0.5) is 0 Å². The topological polar surface area (TPSA) is 70.8 Å². The zero-order chi connectivity index (χ0) is 13.4. The van der Waals surface area contributed by atoms with Crippen LogP contribution < -0.4 is 15.2 Å². The molecule has 1 aromatic carbocycles. The lowest BCUT2D eigenvalue weighted by Crippen LogP contribution is -2.08. The lowest BCUT2D eigenvalue weighted by atomic mass is 10.2. The molecule has 0 aliphatic rings. The minimum absolute atomic E-state index is 0.209. The molecule has 18 heavy (non-hydrogen) atoms. The summed E-state index contributed by atoms with van der Waals surface area (Å²) in [6.45, 7) is 3.14. The van der Waals surface area contributed by atoms with Crippen molar-refractivity contribution in [1.82, 2.24) is 0 Å². The molecule has 1 aromatic rings. The molecular weight excluding hydrogens is 234 g/mol. The molecule has 0 aliphatic carbocycles. The summed E-state index contributed by atoms with van der Waals surface area (Å²) in [4.78, 5) is 11.0. The first-order chi connectivity index (χ1) is 8.71. The average molecular weight is 253 g/mol. The van der Waals surface area contributed by atoms with E-state index in [4.69, 9.17) is 15.2 Å². The fourth-order valence-corrected chi connectivity index (χ4v) is 1.41. The van der Waals surface area contributed by atoms with E-state index in [2.05, 4.69) is 4.74 Å². The Kier molecular flexibility index (Phi) is 6.00. The summed E-state index contributed by atoms with van der Waals surface area (Å²) in [6, 6.07) is 5.51. The summed E-state index contributed by atoms with van der Waals surface area (Å²) in [7, 11) is 1.35. The summed E-state index contributed by atoms with van der Waals surface area (Å²) in [5, 5.41) is 0. The van der Waals surface area contributed by atoms with Gasteiger partial charge in [0.15, 0.2) is 11.5 Å². The second-order valence-electron chi connectivity index (χ2n) is 3.59. The normalized spacial score (nSPS) is 9.94. The van der Waals surface area contributed by atoms with Gasteiger partial charge in [-0.05, 0) is 24.6 Å². The van der Waals surface area contributed by atoms with Crippen molar-refractivity contribution in [3.8, 4) is 11.5 Å². The molecule has 100 valence electrons. The zero-order valence-electron chi connectivity index (χ0n) is 10.8. The first kappa shape index (κ1) is 14.3. The van der Waals surface area contributed by atoms with Crippen LogP contribution in [0.2, 0.25) is 0 Å². The van der Waals surface area contributed by atoms with Gasteiger partial charge in [-0.1, -0.05) is 6.07 Å². The minimum atomic E-state index is -0.300. The van der Waals surface area contributed by atoms with Crippen molar-refractivity contribution in [3.05, 3.63) is 23.8 Å². The van der Waals surface area contributed by atoms with Gasteiger partial charge >= 0.3 is 5.97 Å². The second-order valence-corrected chi connectivity index (χ2v) is 3.59. The molecule has 0 aromatic heterocycles. The molecule has 2 N–H and O–H groups in total. The van der Waals surface area contributed by atoms with Crippen LogP contribution in [0.5, 0.6) is 11.5 Å². The summed E-state index contributed by atoms with van der Waals surface area (Å²) in [5.74, 6) is 0.954. The molecule has 5 heteroatoms. The molecule has 0 unspecified atom stereocenters. The molecule has 0 saturated carbocycles. The number of rotatable bonds is 7. The lowest BCUT2D eigenvalue weighted by molar-refractivity contribution is -0.141. The predicted molar refractivity (Wildman–Crippen MR) is 67.6 cm³/mol. The number of methoxy groups -OCH3 is 1. The molecule has 0 aliphatic heterocycles. The Bertz CT molecular complexity index is 393. The Labute approximate surface area is 107 Å². The highest BCUT2D eigenvalue weighted by Crippen LogP contribution is 2.28. The van der Waals surface area contributed by atoms with Gasteiger partial charge in [0.2, 0.25) is 0 Å². The summed E-state index contributed by atoms with van der Waals surface area (Å²) < 4.78 is 15.5. The SMILES string of the molecule is CCOc1cc(CN)ccc1OCCC(=O)OC. The van der Waals surface area contributed by atoms with Crippen LogP contribution in [0.3, 0.4) is 0 Å². The van der Waals surface area contributed by atoms with Crippen molar-refractivity contribution in [2.75, 3.05) is 20.3 Å². The molecule has 0 bridgehead atoms. The monoisotopic (exact) mass is 253 g/mol. The number of hydrogen-bond acceptors (Lipinski definition) is 5. The van der Waals surface area contributed by atoms with Crippen molar-refractivity contribution in [3.63, 3.8) is 0 Å². The Balaban J connectivity index is 2.65. The smallest absolute Gasteiger partial charge is 0.308 e. The van der Waals surface area contributed by atoms with Crippen LogP contribution in [-0.4, -0.2) is 26.3 Å². The maximum absolute atomic E-state index is 11.0. The highest BCUT2D eigenvalue weighted by molar-refractivity contribution is 5.69. The van der Waals surface area contributed by atoms with Crippen molar-refractivity contribution in [2.45, 2.75) is 19.9 Å². The van der Waals surface area contributed by atoms with Crippen LogP contribution >= 0.6 is 0 Å². The zero-order valence-corrected chi connectivity index (χ0v) is 10.8. The number of benzene rings is 1. The molecule has 5 nitrogen and oxygen atoms in total. The Morgan fingerprint density at radius 2 is 2.06 bits per heavy atom. The van der Waals surface area contributed by atoms with Crippen molar-refractivity contribution < 1.29 is 19.0 Å². The van der Waals surface area contributed by atoms with Gasteiger partial charge in [0.25, 0.3) is 0 Å². The maximum atomic E-state index is 11.0. The van der Waals surface area contributed by atoms with Gasteiger partial charge in [0.05, 0.1) is 26.7 Å². The third-order valence-electron chi connectivity index (χ3n) is 2.34. The van der Waals surface area contributed by atoms with Crippen LogP contribution in [0.1, 0.15) is 18.9 Å². The number of hydrogen-bond donors (Lipinski definition) is 1. The molecule has 1 rings (SSSR count). The van der Waals surface area contributed by atoms with Gasteiger partial charge in [-0.25, -0.2) is 0 Å². The van der Waals surface area contributed by atoms with Gasteiger partial charge in [-0.3, -0.25) is 4.79 Å². The molecule has 0 fully saturated rings. The van der Waals surface area contributed by atoms with Crippen LogP contribution in [-0.2, 0) is 16.1 Å². The maximum Gasteiger partial charge on any atom is 0.308 e. The van der Waals surface area contributed by atoms with E-state index in [0.717, 1.165) is 5.56 Å². The van der Waals surface area contributed by atoms with E-state index in [1.807, 2.05) is 19.1 Å². The predicted octanol–water partition coefficient (Wildman–Crippen LogP) is 1.49. The van der Waals surface area contributed by atoms with E-state index < -0.39 is 0 Å². The van der Waals surface area contributed by atoms with Gasteiger partial charge in [0, 0.05) is 6.54 Å². The fraction of sp³-hybridized carbons (Fsp3) is 0.462. The molecule has 0 atom stereocenters. The van der Waals surface area contributed by atoms with E-state index in [-0.39, 0.29) is 19.0 Å². The first-order valence-electron chi connectivity index (χ1n) is 5.86. The van der Waals surface area contributed by atoms with Gasteiger partial charge in [0.1, 0.15) is 0 Å². The highest BCUT2D eigenvalue weighted by atomic mass is 16.5. The Morgan fingerprint density at radius 1 is 1.28 bits per heavy atom. The molecular formula is C13H19NO4. The minimum Gasteiger partial charge on any atom is -0.490 e. The number of carbonyl (C=O) groups excluding carboxylic acids is 1. The van der Waals surface area contributed by atoms with Crippen LogP contribution in [0.15, 0.2) is 18.2 Å². The van der Waals surface area contributed by atoms with Gasteiger partial charge in [-0.15, -0.1) is 0 Å². The van der Waals surface area contributed by atoms with Crippen molar-refractivity contribution in [1.29, 1.82) is 0 Å². The molecule has 0 saturated heterocycles.